The number of benzene rings is 1. The predicted octanol–water partition coefficient (Wildman–Crippen LogP) is 0.321. The maximum Gasteiger partial charge on any atom is 0.325 e. The number of hydrogen-bond donors (Lipinski definition) is 2. The molecule has 0 saturated carbocycles. The average Bonchev–Trinajstić information content (AvgIpc) is 2.35. The van der Waals surface area contributed by atoms with Crippen LogP contribution in [0.1, 0.15) is 11.6 Å². The fourth-order valence-corrected chi connectivity index (χ4v) is 1.49. The number of ether oxygens (including phenoxy) is 1. The van der Waals surface area contributed by atoms with Crippen molar-refractivity contribution in [2.75, 3.05) is 6.54 Å². The number of carboxylic acid groups (broad SMARTS) is 1. The largest absolute Gasteiger partial charge is 0.480 e. The normalized spacial score (nSPS) is 20.0. The molecular weight excluding hydrogens is 198 g/mol. The van der Waals surface area contributed by atoms with Gasteiger partial charge in [-0.1, -0.05) is 18.2 Å². The van der Waals surface area contributed by atoms with Gasteiger partial charge in [-0.05, 0) is 6.07 Å². The summed E-state index contributed by atoms with van der Waals surface area (Å²) >= 11 is 0. The van der Waals surface area contributed by atoms with Crippen molar-refractivity contribution in [2.45, 2.75) is 6.04 Å². The summed E-state index contributed by atoms with van der Waals surface area (Å²) in [6.07, 6.45) is 0. The van der Waals surface area contributed by atoms with Crippen LogP contribution in [-0.4, -0.2) is 23.6 Å². The van der Waals surface area contributed by atoms with Gasteiger partial charge in [-0.15, -0.1) is 0 Å². The van der Waals surface area contributed by atoms with Gasteiger partial charge < -0.3 is 9.84 Å². The van der Waals surface area contributed by atoms with Crippen LogP contribution >= 0.6 is 0 Å². The van der Waals surface area contributed by atoms with Gasteiger partial charge in [0.05, 0.1) is 6.54 Å². The molecule has 1 aromatic carbocycles. The van der Waals surface area contributed by atoms with Crippen LogP contribution in [0, 0.1) is 0 Å². The van der Waals surface area contributed by atoms with E-state index in [-0.39, 0.29) is 6.54 Å². The summed E-state index contributed by atoms with van der Waals surface area (Å²) in [6.45, 7) is -0.106. The standard InChI is InChI=1S/C10H9NO4/c12-8-5-11-9(10(13)14)6-3-1-2-4-7(6)15-8/h1-4,9,11H,5H2,(H,13,14). The number of rotatable bonds is 1. The summed E-state index contributed by atoms with van der Waals surface area (Å²) in [4.78, 5) is 22.1. The molecule has 0 aliphatic carbocycles. The SMILES string of the molecule is O=C1CNC(C(=O)O)c2ccccc2O1. The number of nitrogens with one attached hydrogen (secondary N) is 1. The number of hydrogen-bond acceptors (Lipinski definition) is 4. The molecule has 1 heterocycles. The first-order chi connectivity index (χ1) is 7.18. The number of para-hydroxylation sites is 1. The van der Waals surface area contributed by atoms with Crippen molar-refractivity contribution in [1.82, 2.24) is 5.32 Å². The van der Waals surface area contributed by atoms with E-state index < -0.39 is 18.0 Å². The molecule has 0 bridgehead atoms. The van der Waals surface area contributed by atoms with Gasteiger partial charge in [-0.25, -0.2) is 0 Å². The minimum absolute atomic E-state index is 0.106. The van der Waals surface area contributed by atoms with Gasteiger partial charge >= 0.3 is 11.9 Å². The molecule has 2 N–H and O–H groups in total. The predicted molar refractivity (Wildman–Crippen MR) is 50.5 cm³/mol. The lowest BCUT2D eigenvalue weighted by Gasteiger charge is -2.11. The molecule has 0 aromatic heterocycles. The Morgan fingerprint density at radius 2 is 2.20 bits per heavy atom. The summed E-state index contributed by atoms with van der Waals surface area (Å²) in [5, 5.41) is 11.6. The van der Waals surface area contributed by atoms with Gasteiger partial charge in [0.1, 0.15) is 11.8 Å². The Morgan fingerprint density at radius 3 is 2.93 bits per heavy atom. The van der Waals surface area contributed by atoms with Crippen LogP contribution in [0.2, 0.25) is 0 Å². The number of esters is 1. The highest BCUT2D eigenvalue weighted by Crippen LogP contribution is 2.27. The topological polar surface area (TPSA) is 75.6 Å². The Hall–Kier alpha value is -1.88. The Kier molecular flexibility index (Phi) is 2.39. The Morgan fingerprint density at radius 1 is 1.47 bits per heavy atom. The van der Waals surface area contributed by atoms with Crippen molar-refractivity contribution in [1.29, 1.82) is 0 Å². The maximum atomic E-state index is 11.1. The molecule has 78 valence electrons. The molecule has 15 heavy (non-hydrogen) atoms. The number of aliphatic carboxylic acids is 1. The van der Waals surface area contributed by atoms with Crippen molar-refractivity contribution in [2.24, 2.45) is 0 Å². The Bertz CT molecular complexity index is 416. The van der Waals surface area contributed by atoms with Crippen LogP contribution in [0.15, 0.2) is 24.3 Å². The van der Waals surface area contributed by atoms with E-state index in [4.69, 9.17) is 9.84 Å². The summed E-state index contributed by atoms with van der Waals surface area (Å²) in [6, 6.07) is 5.70. The second-order valence-electron chi connectivity index (χ2n) is 3.16. The molecule has 0 spiro atoms. The first-order valence-corrected chi connectivity index (χ1v) is 4.44. The molecular formula is C10H9NO4. The highest BCUT2D eigenvalue weighted by Gasteiger charge is 2.27. The summed E-state index contributed by atoms with van der Waals surface area (Å²) in [7, 11) is 0. The molecule has 1 aliphatic rings. The third-order valence-electron chi connectivity index (χ3n) is 2.15. The average molecular weight is 207 g/mol. The fourth-order valence-electron chi connectivity index (χ4n) is 1.49. The molecule has 1 aliphatic heterocycles. The highest BCUT2D eigenvalue weighted by atomic mass is 16.5. The minimum Gasteiger partial charge on any atom is -0.480 e. The van der Waals surface area contributed by atoms with Gasteiger partial charge in [-0.2, -0.15) is 0 Å². The molecule has 2 rings (SSSR count). The van der Waals surface area contributed by atoms with Crippen molar-refractivity contribution >= 4 is 11.9 Å². The molecule has 5 nitrogen and oxygen atoms in total. The van der Waals surface area contributed by atoms with Gasteiger partial charge in [-0.3, -0.25) is 14.9 Å². The highest BCUT2D eigenvalue weighted by molar-refractivity contribution is 5.82. The third kappa shape index (κ3) is 1.82. The van der Waals surface area contributed by atoms with Crippen LogP contribution < -0.4 is 10.1 Å². The van der Waals surface area contributed by atoms with Crippen LogP contribution in [0.3, 0.4) is 0 Å². The van der Waals surface area contributed by atoms with Crippen molar-refractivity contribution in [3.63, 3.8) is 0 Å². The van der Waals surface area contributed by atoms with Gasteiger partial charge in [0.15, 0.2) is 0 Å². The zero-order valence-electron chi connectivity index (χ0n) is 7.77. The summed E-state index contributed by atoms with van der Waals surface area (Å²) in [5.41, 5.74) is 0.468. The van der Waals surface area contributed by atoms with E-state index >= 15 is 0 Å². The van der Waals surface area contributed by atoms with Crippen LogP contribution in [0.25, 0.3) is 0 Å². The van der Waals surface area contributed by atoms with Crippen molar-refractivity contribution < 1.29 is 19.4 Å². The Labute approximate surface area is 85.7 Å². The molecule has 0 amide bonds. The zero-order chi connectivity index (χ0) is 10.8. The van der Waals surface area contributed by atoms with Crippen LogP contribution in [0.5, 0.6) is 5.75 Å². The molecule has 1 unspecified atom stereocenters. The fraction of sp³-hybridized carbons (Fsp3) is 0.200. The lowest BCUT2D eigenvalue weighted by Crippen LogP contribution is -2.31. The van der Waals surface area contributed by atoms with Crippen molar-refractivity contribution in [3.05, 3.63) is 29.8 Å². The molecule has 5 heteroatoms. The smallest absolute Gasteiger partial charge is 0.325 e. The van der Waals surface area contributed by atoms with E-state index in [1.165, 1.54) is 0 Å². The quantitative estimate of drug-likeness (QED) is 0.512. The second kappa shape index (κ2) is 3.70. The van der Waals surface area contributed by atoms with E-state index in [0.717, 1.165) is 0 Å². The lowest BCUT2D eigenvalue weighted by molar-refractivity contribution is -0.139. The zero-order valence-corrected chi connectivity index (χ0v) is 7.77. The number of carbonyl (C=O) groups excluding carboxylic acids is 1. The molecule has 0 fully saturated rings. The van der Waals surface area contributed by atoms with E-state index in [1.807, 2.05) is 0 Å². The monoisotopic (exact) mass is 207 g/mol. The van der Waals surface area contributed by atoms with Gasteiger partial charge in [0, 0.05) is 5.56 Å². The van der Waals surface area contributed by atoms with Crippen LogP contribution in [-0.2, 0) is 9.59 Å². The van der Waals surface area contributed by atoms with Gasteiger partial charge in [0.25, 0.3) is 0 Å². The Balaban J connectivity index is 2.46. The molecule has 1 aromatic rings. The number of carbonyl (C=O) groups is 2. The number of carboxylic acids is 1. The third-order valence-corrected chi connectivity index (χ3v) is 2.15. The van der Waals surface area contributed by atoms with Gasteiger partial charge in [0.2, 0.25) is 0 Å². The maximum absolute atomic E-state index is 11.1. The second-order valence-corrected chi connectivity index (χ2v) is 3.16. The molecule has 1 atom stereocenters. The first-order valence-electron chi connectivity index (χ1n) is 4.44. The summed E-state index contributed by atoms with van der Waals surface area (Å²) in [5.74, 6) is -1.20. The van der Waals surface area contributed by atoms with Crippen LogP contribution in [0.4, 0.5) is 0 Å². The minimum atomic E-state index is -1.03. The van der Waals surface area contributed by atoms with E-state index in [1.54, 1.807) is 24.3 Å². The van der Waals surface area contributed by atoms with Crippen molar-refractivity contribution in [3.8, 4) is 5.75 Å². The van der Waals surface area contributed by atoms with E-state index in [0.29, 0.717) is 11.3 Å². The van der Waals surface area contributed by atoms with E-state index in [2.05, 4.69) is 5.32 Å². The lowest BCUT2D eigenvalue weighted by atomic mass is 10.1. The van der Waals surface area contributed by atoms with E-state index in [9.17, 15) is 9.59 Å². The molecule has 0 radical (unpaired) electrons. The number of fused-ring (bicyclic) bond motifs is 1. The summed E-state index contributed by atoms with van der Waals surface area (Å²) < 4.78 is 4.97. The molecule has 0 saturated heterocycles. The first kappa shape index (κ1) is 9.67.